The molecule has 1 N–H and O–H groups in total. The Hall–Kier alpha value is -0.840. The van der Waals surface area contributed by atoms with Gasteiger partial charge in [-0.25, -0.2) is 0 Å². The van der Waals surface area contributed by atoms with Crippen LogP contribution in [0.2, 0.25) is 0 Å². The minimum Gasteiger partial charge on any atom is -0.481 e. The largest absolute Gasteiger partial charge is 0.481 e. The highest BCUT2D eigenvalue weighted by atomic mass is 79.9. The van der Waals surface area contributed by atoms with Gasteiger partial charge in [0.05, 0.1) is 16.7 Å². The number of ether oxygens (including phenoxy) is 1. The summed E-state index contributed by atoms with van der Waals surface area (Å²) in [6.45, 7) is 0. The lowest BCUT2D eigenvalue weighted by Crippen LogP contribution is -2.23. The summed E-state index contributed by atoms with van der Waals surface area (Å²) >= 11 is 3.49. The molecule has 0 aromatic carbocycles. The maximum Gasteiger partial charge on any atom is 0.309 e. The molecule has 3 rings (SSSR count). The van der Waals surface area contributed by atoms with Gasteiger partial charge in [-0.1, -0.05) is 28.1 Å². The van der Waals surface area contributed by atoms with E-state index in [0.29, 0.717) is 4.83 Å². The molecule has 0 amide bonds. The molecule has 2 aliphatic carbocycles. The van der Waals surface area contributed by atoms with E-state index in [1.165, 1.54) is 0 Å². The molecular weight excluding hydrogens is 312 g/mol. The van der Waals surface area contributed by atoms with Crippen LogP contribution in [0.5, 0.6) is 0 Å². The Balaban J connectivity index is 0.000000141. The maximum atomic E-state index is 11.0. The predicted molar refractivity (Wildman–Crippen MR) is 74.1 cm³/mol. The van der Waals surface area contributed by atoms with Crippen molar-refractivity contribution in [3.8, 4) is 0 Å². The molecule has 0 aromatic heterocycles. The van der Waals surface area contributed by atoms with Crippen LogP contribution in [-0.2, 0) is 14.3 Å². The lowest BCUT2D eigenvalue weighted by atomic mass is 9.90. The number of esters is 1. The smallest absolute Gasteiger partial charge is 0.309 e. The Bertz CT molecular complexity index is 380. The molecular formula is C14H19BrO4. The molecule has 0 radical (unpaired) electrons. The number of carboxylic acid groups (broad SMARTS) is 1. The van der Waals surface area contributed by atoms with Gasteiger partial charge in [-0.15, -0.1) is 0 Å². The number of aliphatic carboxylic acids is 1. The van der Waals surface area contributed by atoms with Gasteiger partial charge in [0, 0.05) is 0 Å². The van der Waals surface area contributed by atoms with E-state index in [2.05, 4.69) is 15.9 Å². The second-order valence-electron chi connectivity index (χ2n) is 5.32. The van der Waals surface area contributed by atoms with Gasteiger partial charge in [0.2, 0.25) is 0 Å². The number of hydrogen-bond acceptors (Lipinski definition) is 3. The van der Waals surface area contributed by atoms with E-state index in [9.17, 15) is 9.59 Å². The average Bonchev–Trinajstić information content (AvgIpc) is 2.73. The first kappa shape index (κ1) is 14.6. The lowest BCUT2D eigenvalue weighted by Gasteiger charge is -2.19. The number of allylic oxidation sites excluding steroid dienone is 2. The van der Waals surface area contributed by atoms with Gasteiger partial charge in [0.25, 0.3) is 0 Å². The third-order valence-electron chi connectivity index (χ3n) is 3.93. The second kappa shape index (κ2) is 6.55. The van der Waals surface area contributed by atoms with Crippen molar-refractivity contribution in [1.29, 1.82) is 0 Å². The van der Waals surface area contributed by atoms with Gasteiger partial charge in [0.15, 0.2) is 0 Å². The standard InChI is InChI=1S/C7H9BrO2.C7H10O2/c8-5-2-1-4-3-6(5)10-7(4)9;8-7(9)6-4-2-1-3-5-6/h4-6H,1-3H2;1-2,6H,3-5H2,(H,8,9)/t4-,5+,6-;6-/m01/s1. The molecule has 0 aromatic rings. The first-order chi connectivity index (χ1) is 9.08. The molecule has 0 spiro atoms. The topological polar surface area (TPSA) is 63.6 Å². The van der Waals surface area contributed by atoms with Crippen LogP contribution >= 0.6 is 15.9 Å². The number of carbonyl (C=O) groups is 2. The Morgan fingerprint density at radius 3 is 2.63 bits per heavy atom. The van der Waals surface area contributed by atoms with Crippen LogP contribution in [0.25, 0.3) is 0 Å². The van der Waals surface area contributed by atoms with Gasteiger partial charge in [0.1, 0.15) is 6.10 Å². The minimum atomic E-state index is -0.653. The van der Waals surface area contributed by atoms with E-state index in [-0.39, 0.29) is 23.9 Å². The van der Waals surface area contributed by atoms with E-state index in [1.807, 2.05) is 12.2 Å². The zero-order valence-electron chi connectivity index (χ0n) is 10.8. The van der Waals surface area contributed by atoms with E-state index in [1.54, 1.807) is 0 Å². The number of halogens is 1. The SMILES string of the molecule is O=C(O)[C@@H]1CC=CCC1.O=C1O[C@H]2C[C@@H]1CC[C@H]2Br. The average molecular weight is 331 g/mol. The van der Waals surface area contributed by atoms with Crippen molar-refractivity contribution in [1.82, 2.24) is 0 Å². The highest BCUT2D eigenvalue weighted by Crippen LogP contribution is 2.37. The van der Waals surface area contributed by atoms with Gasteiger partial charge in [-0.05, 0) is 38.5 Å². The molecule has 1 saturated heterocycles. The van der Waals surface area contributed by atoms with Gasteiger partial charge in [-0.3, -0.25) is 9.59 Å². The summed E-state index contributed by atoms with van der Waals surface area (Å²) in [6.07, 6.45) is 9.65. The van der Waals surface area contributed by atoms with Crippen molar-refractivity contribution in [3.63, 3.8) is 0 Å². The fourth-order valence-corrected chi connectivity index (χ4v) is 3.28. The molecule has 1 aliphatic heterocycles. The van der Waals surface area contributed by atoms with E-state index < -0.39 is 5.97 Å². The summed E-state index contributed by atoms with van der Waals surface area (Å²) in [5.41, 5.74) is 0. The Kier molecular flexibility index (Phi) is 5.02. The number of carboxylic acids is 1. The molecule has 2 fully saturated rings. The maximum absolute atomic E-state index is 11.0. The molecule has 3 aliphatic rings. The van der Waals surface area contributed by atoms with E-state index >= 15 is 0 Å². The summed E-state index contributed by atoms with van der Waals surface area (Å²) in [6, 6.07) is 0. The van der Waals surface area contributed by atoms with Crippen LogP contribution in [-0.4, -0.2) is 28.0 Å². The van der Waals surface area contributed by atoms with Crippen LogP contribution < -0.4 is 0 Å². The summed E-state index contributed by atoms with van der Waals surface area (Å²) in [4.78, 5) is 21.7. The molecule has 5 heteroatoms. The summed E-state index contributed by atoms with van der Waals surface area (Å²) in [5, 5.41) is 8.50. The molecule has 4 nitrogen and oxygen atoms in total. The number of fused-ring (bicyclic) bond motifs is 2. The van der Waals surface area contributed by atoms with Crippen molar-refractivity contribution in [2.24, 2.45) is 11.8 Å². The first-order valence-corrected chi connectivity index (χ1v) is 7.72. The van der Waals surface area contributed by atoms with Crippen molar-refractivity contribution < 1.29 is 19.4 Å². The Labute approximate surface area is 121 Å². The van der Waals surface area contributed by atoms with Crippen LogP contribution in [0.1, 0.15) is 38.5 Å². The van der Waals surface area contributed by atoms with Crippen molar-refractivity contribution >= 4 is 27.9 Å². The molecule has 1 heterocycles. The van der Waals surface area contributed by atoms with Crippen molar-refractivity contribution in [3.05, 3.63) is 12.2 Å². The van der Waals surface area contributed by atoms with Gasteiger partial charge < -0.3 is 9.84 Å². The van der Waals surface area contributed by atoms with Crippen molar-refractivity contribution in [2.75, 3.05) is 0 Å². The fraction of sp³-hybridized carbons (Fsp3) is 0.714. The van der Waals surface area contributed by atoms with Gasteiger partial charge in [-0.2, -0.15) is 0 Å². The molecule has 19 heavy (non-hydrogen) atoms. The lowest BCUT2D eigenvalue weighted by molar-refractivity contribution is -0.143. The summed E-state index contributed by atoms with van der Waals surface area (Å²) < 4.78 is 5.11. The first-order valence-electron chi connectivity index (χ1n) is 6.80. The Morgan fingerprint density at radius 2 is 2.11 bits per heavy atom. The number of carbonyl (C=O) groups excluding carboxylic acids is 1. The summed E-state index contributed by atoms with van der Waals surface area (Å²) in [5.74, 6) is -0.528. The predicted octanol–water partition coefficient (Wildman–Crippen LogP) is 2.90. The fourth-order valence-electron chi connectivity index (χ4n) is 2.69. The third kappa shape index (κ3) is 3.81. The van der Waals surface area contributed by atoms with Crippen LogP contribution in [0, 0.1) is 11.8 Å². The number of hydrogen-bond donors (Lipinski definition) is 1. The third-order valence-corrected chi connectivity index (χ3v) is 4.98. The van der Waals surface area contributed by atoms with Crippen LogP contribution in [0.3, 0.4) is 0 Å². The monoisotopic (exact) mass is 330 g/mol. The normalized spacial score (nSPS) is 36.2. The van der Waals surface area contributed by atoms with Gasteiger partial charge >= 0.3 is 11.9 Å². The van der Waals surface area contributed by atoms with Crippen LogP contribution in [0.4, 0.5) is 0 Å². The quantitative estimate of drug-likeness (QED) is 0.456. The zero-order valence-corrected chi connectivity index (χ0v) is 12.3. The van der Waals surface area contributed by atoms with E-state index in [0.717, 1.165) is 38.5 Å². The van der Waals surface area contributed by atoms with Crippen molar-refractivity contribution in [2.45, 2.75) is 49.5 Å². The Morgan fingerprint density at radius 1 is 1.32 bits per heavy atom. The number of alkyl halides is 1. The second-order valence-corrected chi connectivity index (χ2v) is 6.50. The summed E-state index contributed by atoms with van der Waals surface area (Å²) in [7, 11) is 0. The van der Waals surface area contributed by atoms with Crippen LogP contribution in [0.15, 0.2) is 12.2 Å². The highest BCUT2D eigenvalue weighted by molar-refractivity contribution is 9.09. The minimum absolute atomic E-state index is 0.0203. The number of rotatable bonds is 1. The molecule has 4 atom stereocenters. The zero-order chi connectivity index (χ0) is 13.8. The highest BCUT2D eigenvalue weighted by Gasteiger charge is 2.42. The molecule has 1 saturated carbocycles. The molecule has 2 bridgehead atoms. The molecule has 106 valence electrons. The van der Waals surface area contributed by atoms with E-state index in [4.69, 9.17) is 9.84 Å². The molecule has 0 unspecified atom stereocenters.